The molecule has 1 fully saturated rings. The molecule has 1 heterocycles. The molecule has 24 heavy (non-hydrogen) atoms. The van der Waals surface area contributed by atoms with Crippen molar-refractivity contribution in [3.8, 4) is 0 Å². The van der Waals surface area contributed by atoms with Crippen LogP contribution in [0.25, 0.3) is 0 Å². The first-order valence-electron chi connectivity index (χ1n) is 7.90. The second kappa shape index (κ2) is 10.2. The molecule has 1 aliphatic heterocycles. The Hall–Kier alpha value is -0.920. The van der Waals surface area contributed by atoms with Gasteiger partial charge < -0.3 is 10.1 Å². The summed E-state index contributed by atoms with van der Waals surface area (Å²) in [5.74, 6) is 0. The summed E-state index contributed by atoms with van der Waals surface area (Å²) in [4.78, 5) is 2.40. The highest BCUT2D eigenvalue weighted by Crippen LogP contribution is 2.22. The van der Waals surface area contributed by atoms with Crippen LogP contribution in [0.4, 0.5) is 0 Å². The molecule has 132 valence electrons. The second-order valence-electron chi connectivity index (χ2n) is 5.50. The molecule has 0 radical (unpaired) electrons. The Kier molecular flexibility index (Phi) is 8.21. The van der Waals surface area contributed by atoms with Crippen LogP contribution in [0.1, 0.15) is 18.9 Å². The summed E-state index contributed by atoms with van der Waals surface area (Å²) in [5, 5.41) is 8.97. The van der Waals surface area contributed by atoms with Crippen molar-refractivity contribution in [3.63, 3.8) is 0 Å². The number of morpholine rings is 1. The van der Waals surface area contributed by atoms with E-state index < -0.39 is 0 Å². The number of hydrogen-bond donors (Lipinski definition) is 2. The number of benzene rings is 1. The van der Waals surface area contributed by atoms with Crippen LogP contribution in [-0.4, -0.2) is 55.1 Å². The summed E-state index contributed by atoms with van der Waals surface area (Å²) in [6.07, 6.45) is 1.03. The zero-order valence-electron chi connectivity index (χ0n) is 13.6. The first-order valence-corrected chi connectivity index (χ1v) is 9.06. The Morgan fingerprint density at radius 1 is 1.29 bits per heavy atom. The smallest absolute Gasteiger partial charge is 0.186 e. The monoisotopic (exact) mass is 388 g/mol. The molecule has 0 unspecified atom stereocenters. The zero-order chi connectivity index (χ0) is 17.4. The van der Waals surface area contributed by atoms with E-state index in [4.69, 9.17) is 40.2 Å². The van der Waals surface area contributed by atoms with Crippen molar-refractivity contribution in [2.75, 3.05) is 39.4 Å². The van der Waals surface area contributed by atoms with Gasteiger partial charge in [0.2, 0.25) is 0 Å². The quantitative estimate of drug-likeness (QED) is 0.339. The minimum atomic E-state index is 0.507. The van der Waals surface area contributed by atoms with Crippen LogP contribution in [0, 0.1) is 0 Å². The van der Waals surface area contributed by atoms with Gasteiger partial charge in [0.15, 0.2) is 5.11 Å². The van der Waals surface area contributed by atoms with Gasteiger partial charge in [-0.05, 0) is 49.8 Å². The van der Waals surface area contributed by atoms with E-state index in [1.54, 1.807) is 12.1 Å². The normalized spacial score (nSPS) is 16.0. The van der Waals surface area contributed by atoms with Crippen LogP contribution in [0.2, 0.25) is 10.0 Å². The van der Waals surface area contributed by atoms with E-state index in [0.717, 1.165) is 57.1 Å². The van der Waals surface area contributed by atoms with Gasteiger partial charge in [0.05, 0.1) is 29.0 Å². The summed E-state index contributed by atoms with van der Waals surface area (Å²) < 4.78 is 5.33. The number of halogens is 2. The van der Waals surface area contributed by atoms with Crippen molar-refractivity contribution in [1.29, 1.82) is 0 Å². The lowest BCUT2D eigenvalue weighted by Gasteiger charge is -2.26. The van der Waals surface area contributed by atoms with Crippen LogP contribution in [-0.2, 0) is 4.74 Å². The van der Waals surface area contributed by atoms with Crippen LogP contribution in [0.5, 0.6) is 0 Å². The third kappa shape index (κ3) is 6.53. The predicted octanol–water partition coefficient (Wildman–Crippen LogP) is 2.90. The molecule has 0 bridgehead atoms. The molecule has 1 aliphatic rings. The van der Waals surface area contributed by atoms with Crippen molar-refractivity contribution >= 4 is 46.2 Å². The highest BCUT2D eigenvalue weighted by atomic mass is 35.5. The van der Waals surface area contributed by atoms with Crippen LogP contribution in [0.3, 0.4) is 0 Å². The molecular formula is C16H22Cl2N4OS. The van der Waals surface area contributed by atoms with E-state index in [0.29, 0.717) is 15.2 Å². The van der Waals surface area contributed by atoms with Gasteiger partial charge in [-0.15, -0.1) is 0 Å². The highest BCUT2D eigenvalue weighted by Gasteiger charge is 2.09. The molecule has 1 saturated heterocycles. The molecular weight excluding hydrogens is 367 g/mol. The lowest BCUT2D eigenvalue weighted by molar-refractivity contribution is 0.0376. The Balaban J connectivity index is 1.68. The van der Waals surface area contributed by atoms with Gasteiger partial charge in [-0.1, -0.05) is 29.3 Å². The summed E-state index contributed by atoms with van der Waals surface area (Å²) in [7, 11) is 0. The predicted molar refractivity (Wildman–Crippen MR) is 104 cm³/mol. The van der Waals surface area contributed by atoms with E-state index in [-0.39, 0.29) is 0 Å². The standard InChI is InChI=1S/C16H22Cl2N4OS/c1-12(13-3-4-14(17)15(18)11-13)20-21-16(24)19-5-2-6-22-7-9-23-10-8-22/h3-4,11H,2,5-10H2,1H3,(H2,19,21,24)/b20-12-. The van der Waals surface area contributed by atoms with Crippen molar-refractivity contribution in [3.05, 3.63) is 33.8 Å². The summed E-state index contributed by atoms with van der Waals surface area (Å²) in [5.41, 5.74) is 4.53. The van der Waals surface area contributed by atoms with Crippen LogP contribution in [0.15, 0.2) is 23.3 Å². The van der Waals surface area contributed by atoms with E-state index in [2.05, 4.69) is 20.7 Å². The molecule has 0 amide bonds. The third-order valence-corrected chi connectivity index (χ3v) is 4.68. The number of thiocarbonyl (C=S) groups is 1. The lowest BCUT2D eigenvalue weighted by atomic mass is 10.1. The van der Waals surface area contributed by atoms with Crippen molar-refractivity contribution in [2.45, 2.75) is 13.3 Å². The molecule has 5 nitrogen and oxygen atoms in total. The van der Waals surface area contributed by atoms with Gasteiger partial charge in [0.25, 0.3) is 0 Å². The summed E-state index contributed by atoms with van der Waals surface area (Å²) in [6.45, 7) is 7.42. The van der Waals surface area contributed by atoms with Crippen molar-refractivity contribution in [1.82, 2.24) is 15.6 Å². The number of nitrogens with zero attached hydrogens (tertiary/aromatic N) is 2. The molecule has 0 atom stereocenters. The maximum Gasteiger partial charge on any atom is 0.186 e. The van der Waals surface area contributed by atoms with E-state index >= 15 is 0 Å². The van der Waals surface area contributed by atoms with Crippen LogP contribution < -0.4 is 10.7 Å². The highest BCUT2D eigenvalue weighted by molar-refractivity contribution is 7.80. The van der Waals surface area contributed by atoms with E-state index in [1.807, 2.05) is 13.0 Å². The third-order valence-electron chi connectivity index (χ3n) is 3.70. The number of ether oxygens (including phenoxy) is 1. The Bertz CT molecular complexity index is 591. The minimum absolute atomic E-state index is 0.507. The fraction of sp³-hybridized carbons (Fsp3) is 0.500. The number of hydrogen-bond acceptors (Lipinski definition) is 4. The second-order valence-corrected chi connectivity index (χ2v) is 6.72. The number of hydrazone groups is 1. The van der Waals surface area contributed by atoms with Gasteiger partial charge in [-0.3, -0.25) is 10.3 Å². The Labute approximate surface area is 158 Å². The Morgan fingerprint density at radius 3 is 2.75 bits per heavy atom. The fourth-order valence-corrected chi connectivity index (χ4v) is 2.74. The number of rotatable bonds is 6. The first-order chi connectivity index (χ1) is 11.6. The van der Waals surface area contributed by atoms with E-state index in [1.165, 1.54) is 0 Å². The molecule has 2 rings (SSSR count). The topological polar surface area (TPSA) is 48.9 Å². The minimum Gasteiger partial charge on any atom is -0.379 e. The van der Waals surface area contributed by atoms with Gasteiger partial charge in [0, 0.05) is 19.6 Å². The maximum absolute atomic E-state index is 6.01. The van der Waals surface area contributed by atoms with Crippen LogP contribution >= 0.6 is 35.4 Å². The maximum atomic E-state index is 6.01. The molecule has 0 saturated carbocycles. The van der Waals surface area contributed by atoms with Gasteiger partial charge in [0.1, 0.15) is 0 Å². The SMILES string of the molecule is C/C(=N/NC(=S)NCCCN1CCOCC1)c1ccc(Cl)c(Cl)c1. The average Bonchev–Trinajstić information content (AvgIpc) is 2.60. The molecule has 1 aromatic carbocycles. The molecule has 0 aromatic heterocycles. The largest absolute Gasteiger partial charge is 0.379 e. The van der Waals surface area contributed by atoms with Gasteiger partial charge >= 0.3 is 0 Å². The molecule has 1 aromatic rings. The average molecular weight is 389 g/mol. The van der Waals surface area contributed by atoms with Gasteiger partial charge in [-0.25, -0.2) is 0 Å². The fourth-order valence-electron chi connectivity index (χ4n) is 2.29. The Morgan fingerprint density at radius 2 is 2.04 bits per heavy atom. The van der Waals surface area contributed by atoms with Crippen molar-refractivity contribution in [2.24, 2.45) is 5.10 Å². The van der Waals surface area contributed by atoms with Gasteiger partial charge in [-0.2, -0.15) is 5.10 Å². The molecule has 8 heteroatoms. The summed E-state index contributed by atoms with van der Waals surface area (Å²) in [6, 6.07) is 5.40. The first kappa shape index (κ1) is 19.4. The number of nitrogens with one attached hydrogen (secondary N) is 2. The van der Waals surface area contributed by atoms with E-state index in [9.17, 15) is 0 Å². The molecule has 0 spiro atoms. The lowest BCUT2D eigenvalue weighted by Crippen LogP contribution is -2.39. The summed E-state index contributed by atoms with van der Waals surface area (Å²) >= 11 is 17.2. The zero-order valence-corrected chi connectivity index (χ0v) is 16.0. The molecule has 2 N–H and O–H groups in total. The molecule has 0 aliphatic carbocycles. The van der Waals surface area contributed by atoms with Crippen molar-refractivity contribution < 1.29 is 4.74 Å².